The van der Waals surface area contributed by atoms with Crippen molar-refractivity contribution in [1.29, 1.82) is 0 Å². The van der Waals surface area contributed by atoms with Crippen LogP contribution in [0.1, 0.15) is 36.8 Å². The fourth-order valence-corrected chi connectivity index (χ4v) is 9.70. The van der Waals surface area contributed by atoms with Crippen LogP contribution in [0.15, 0.2) is 66.7 Å². The smallest absolute Gasteiger partial charge is 0.226 e. The van der Waals surface area contributed by atoms with Gasteiger partial charge in [-0.05, 0) is 66.8 Å². The van der Waals surface area contributed by atoms with Crippen LogP contribution in [0.25, 0.3) is 10.8 Å². The highest BCUT2D eigenvalue weighted by Crippen LogP contribution is 2.26. The van der Waals surface area contributed by atoms with Crippen LogP contribution in [0.5, 0.6) is 5.75 Å². The summed E-state index contributed by atoms with van der Waals surface area (Å²) in [6.07, 6.45) is 3.28. The van der Waals surface area contributed by atoms with Gasteiger partial charge in [0.1, 0.15) is 5.75 Å². The van der Waals surface area contributed by atoms with E-state index < -0.39 is 53.7 Å². The van der Waals surface area contributed by atoms with Gasteiger partial charge in [-0.2, -0.15) is 0 Å². The third-order valence-corrected chi connectivity index (χ3v) is 13.3. The number of nitrogens with two attached hydrogens (primary N) is 1. The Morgan fingerprint density at radius 3 is 2.00 bits per heavy atom. The third-order valence-electron chi connectivity index (χ3n) is 13.3. The van der Waals surface area contributed by atoms with E-state index in [0.29, 0.717) is 52.1 Å². The van der Waals surface area contributed by atoms with Gasteiger partial charge in [-0.15, -0.1) is 0 Å². The SMILES string of the molecule is CNC1CCCC1C(=O)NC[C@H](Cc1ccc(O)cc1)C(=O)NC1CNCC1C(=O)NC1CNCC1C(=O)N[C@H](CC(=O)NC1CNCC1C(N)=O)Cc1ccc2ccccc2c1. The van der Waals surface area contributed by atoms with Gasteiger partial charge in [0.25, 0.3) is 0 Å². The number of aromatic hydroxyl groups is 1. The lowest BCUT2D eigenvalue weighted by molar-refractivity contribution is -0.129. The number of primary amides is 1. The molecule has 3 saturated heterocycles. The summed E-state index contributed by atoms with van der Waals surface area (Å²) in [5, 5.41) is 40.0. The lowest BCUT2D eigenvalue weighted by Gasteiger charge is -2.27. The van der Waals surface area contributed by atoms with Crippen molar-refractivity contribution < 1.29 is 33.9 Å². The Morgan fingerprint density at radius 1 is 0.667 bits per heavy atom. The number of fused-ring (bicyclic) bond motifs is 1. The van der Waals surface area contributed by atoms with Crippen LogP contribution in [0.2, 0.25) is 0 Å². The second-order valence-electron chi connectivity index (χ2n) is 17.6. The molecule has 0 spiro atoms. The van der Waals surface area contributed by atoms with Crippen LogP contribution in [-0.4, -0.2) is 124 Å². The molecule has 6 amide bonds. The van der Waals surface area contributed by atoms with Crippen molar-refractivity contribution in [2.75, 3.05) is 52.9 Å². The van der Waals surface area contributed by atoms with Crippen molar-refractivity contribution >= 4 is 46.2 Å². The molecular weight excluding hydrogens is 805 g/mol. The number of hydrogen-bond donors (Lipinski definition) is 11. The lowest BCUT2D eigenvalue weighted by atomic mass is 9.95. The fourth-order valence-electron chi connectivity index (χ4n) is 9.70. The highest BCUT2D eigenvalue weighted by atomic mass is 16.3. The largest absolute Gasteiger partial charge is 0.508 e. The Labute approximate surface area is 367 Å². The standard InChI is InChI=1S/C46H62N10O7/c1-48-37-8-4-7-33(37)44(61)52-19-30(15-26-10-13-32(57)14-11-26)43(60)55-39-24-51-22-36(39)46(63)56-40-25-50-21-35(40)45(62)53-31(17-27-9-12-28-5-2-3-6-29(28)16-27)18-41(58)54-38-23-49-20-34(38)42(47)59/h2-3,5-6,9-14,16,30-31,33-40,48-51,57H,4,7-8,15,17-25H2,1H3,(H2,47,59)(H,52,61)(H,53,62)(H,54,58)(H,55,60)(H,56,63)/t30-,31-,33?,34?,35?,36?,37?,38?,39?,40?/m0/s1. The van der Waals surface area contributed by atoms with E-state index in [9.17, 15) is 33.9 Å². The summed E-state index contributed by atoms with van der Waals surface area (Å²) in [7, 11) is 1.85. The number of benzene rings is 3. The van der Waals surface area contributed by atoms with E-state index in [1.807, 2.05) is 49.5 Å². The molecule has 12 N–H and O–H groups in total. The predicted molar refractivity (Wildman–Crippen MR) is 237 cm³/mol. The number of phenols is 1. The summed E-state index contributed by atoms with van der Waals surface area (Å²) in [5.41, 5.74) is 7.34. The molecule has 0 radical (unpaired) electrons. The van der Waals surface area contributed by atoms with E-state index in [1.165, 1.54) is 0 Å². The molecule has 4 aliphatic rings. The van der Waals surface area contributed by atoms with Crippen molar-refractivity contribution in [2.24, 2.45) is 35.3 Å². The maximum Gasteiger partial charge on any atom is 0.226 e. The molecule has 3 aromatic rings. The van der Waals surface area contributed by atoms with Gasteiger partial charge in [0.2, 0.25) is 35.4 Å². The van der Waals surface area contributed by atoms with Gasteiger partial charge in [-0.25, -0.2) is 0 Å². The zero-order chi connectivity index (χ0) is 44.5. The summed E-state index contributed by atoms with van der Waals surface area (Å²) in [6.45, 7) is 2.23. The summed E-state index contributed by atoms with van der Waals surface area (Å²) in [5.74, 6) is -4.35. The van der Waals surface area contributed by atoms with Gasteiger partial charge in [0.05, 0.1) is 47.7 Å². The second kappa shape index (κ2) is 21.2. The quantitative estimate of drug-likeness (QED) is 0.0734. The average Bonchev–Trinajstić information content (AvgIpc) is 4.11. The monoisotopic (exact) mass is 866 g/mol. The molecule has 0 bridgehead atoms. The van der Waals surface area contributed by atoms with E-state index in [2.05, 4.69) is 47.9 Å². The van der Waals surface area contributed by atoms with E-state index in [1.54, 1.807) is 24.3 Å². The van der Waals surface area contributed by atoms with Gasteiger partial charge in [0, 0.05) is 64.3 Å². The summed E-state index contributed by atoms with van der Waals surface area (Å²) in [6, 6.07) is 18.5. The lowest BCUT2D eigenvalue weighted by Crippen LogP contribution is -2.54. The Bertz CT molecular complexity index is 2120. The van der Waals surface area contributed by atoms with Crippen LogP contribution in [0.4, 0.5) is 0 Å². The number of hydrogen-bond acceptors (Lipinski definition) is 11. The first-order valence-electron chi connectivity index (χ1n) is 22.3. The molecule has 8 unspecified atom stereocenters. The molecule has 17 nitrogen and oxygen atoms in total. The van der Waals surface area contributed by atoms with Gasteiger partial charge in [0.15, 0.2) is 0 Å². The molecule has 3 heterocycles. The van der Waals surface area contributed by atoms with E-state index in [-0.39, 0.29) is 60.2 Å². The molecule has 0 aromatic heterocycles. The first-order valence-corrected chi connectivity index (χ1v) is 22.3. The Morgan fingerprint density at radius 2 is 1.30 bits per heavy atom. The van der Waals surface area contributed by atoms with Crippen LogP contribution < -0.4 is 53.6 Å². The number of nitrogens with one attached hydrogen (secondary N) is 9. The predicted octanol–water partition coefficient (Wildman–Crippen LogP) is -1.08. The first-order chi connectivity index (χ1) is 30.4. The summed E-state index contributed by atoms with van der Waals surface area (Å²) >= 11 is 0. The molecule has 1 saturated carbocycles. The van der Waals surface area contributed by atoms with Crippen molar-refractivity contribution in [3.05, 3.63) is 77.9 Å². The van der Waals surface area contributed by atoms with Crippen molar-refractivity contribution in [3.63, 3.8) is 0 Å². The van der Waals surface area contributed by atoms with E-state index >= 15 is 0 Å². The minimum absolute atomic E-state index is 0.0404. The topological polar surface area (TPSA) is 257 Å². The number of carbonyl (C=O) groups excluding carboxylic acids is 6. The van der Waals surface area contributed by atoms with Crippen molar-refractivity contribution in [1.82, 2.24) is 47.9 Å². The van der Waals surface area contributed by atoms with Crippen LogP contribution in [0, 0.1) is 29.6 Å². The van der Waals surface area contributed by atoms with Crippen LogP contribution in [-0.2, 0) is 41.6 Å². The minimum atomic E-state index is -0.645. The Kier molecular flexibility index (Phi) is 15.3. The van der Waals surface area contributed by atoms with Gasteiger partial charge in [-0.1, -0.05) is 61.0 Å². The van der Waals surface area contributed by atoms with Crippen LogP contribution >= 0.6 is 0 Å². The van der Waals surface area contributed by atoms with Gasteiger partial charge < -0.3 is 58.7 Å². The fraction of sp³-hybridized carbons (Fsp3) is 0.522. The molecule has 7 rings (SSSR count). The zero-order valence-corrected chi connectivity index (χ0v) is 35.8. The van der Waals surface area contributed by atoms with E-state index in [0.717, 1.165) is 41.2 Å². The number of rotatable bonds is 18. The van der Waals surface area contributed by atoms with Gasteiger partial charge in [-0.3, -0.25) is 28.8 Å². The molecule has 1 aliphatic carbocycles. The molecule has 4 fully saturated rings. The van der Waals surface area contributed by atoms with Crippen molar-refractivity contribution in [3.8, 4) is 5.75 Å². The summed E-state index contributed by atoms with van der Waals surface area (Å²) in [4.78, 5) is 80.8. The molecular formula is C46H62N10O7. The third kappa shape index (κ3) is 11.7. The second-order valence-corrected chi connectivity index (χ2v) is 17.6. The normalized spacial score (nSPS) is 26.4. The maximum atomic E-state index is 14.1. The highest BCUT2D eigenvalue weighted by molar-refractivity contribution is 5.87. The Hall–Kier alpha value is -5.62. The number of carbonyl (C=O) groups is 6. The molecule has 3 aliphatic heterocycles. The van der Waals surface area contributed by atoms with Crippen LogP contribution in [0.3, 0.4) is 0 Å². The number of amides is 6. The molecule has 3 aromatic carbocycles. The number of phenolic OH excluding ortho intramolecular Hbond substituents is 1. The van der Waals surface area contributed by atoms with E-state index in [4.69, 9.17) is 5.73 Å². The summed E-state index contributed by atoms with van der Waals surface area (Å²) < 4.78 is 0. The highest BCUT2D eigenvalue weighted by Gasteiger charge is 2.41. The maximum absolute atomic E-state index is 14.1. The Balaban J connectivity index is 0.984. The molecule has 17 heteroatoms. The molecule has 63 heavy (non-hydrogen) atoms. The first kappa shape index (κ1) is 45.4. The minimum Gasteiger partial charge on any atom is -0.508 e. The zero-order valence-electron chi connectivity index (χ0n) is 35.8. The van der Waals surface area contributed by atoms with Crippen molar-refractivity contribution in [2.45, 2.75) is 68.7 Å². The molecule has 338 valence electrons. The molecule has 10 atom stereocenters. The van der Waals surface area contributed by atoms with Gasteiger partial charge >= 0.3 is 0 Å². The average molecular weight is 867 g/mol.